The number of nitrogens with one attached hydrogen (secondary N) is 3. The number of nitrogens with zero attached hydrogens (tertiary/aromatic N) is 1. The molecule has 0 aliphatic carbocycles. The Morgan fingerprint density at radius 1 is 1.12 bits per heavy atom. The molecule has 176 valence electrons. The van der Waals surface area contributed by atoms with Gasteiger partial charge in [0.25, 0.3) is 0 Å². The van der Waals surface area contributed by atoms with Crippen molar-refractivity contribution in [1.82, 2.24) is 15.6 Å². The van der Waals surface area contributed by atoms with Gasteiger partial charge in [-0.15, -0.1) is 0 Å². The van der Waals surface area contributed by atoms with Crippen LogP contribution in [0.3, 0.4) is 0 Å². The topological polar surface area (TPSA) is 70.7 Å². The van der Waals surface area contributed by atoms with Gasteiger partial charge >= 0.3 is 0 Å². The molecule has 2 heterocycles. The summed E-state index contributed by atoms with van der Waals surface area (Å²) < 4.78 is 11.5. The molecule has 0 amide bonds. The third kappa shape index (κ3) is 6.59. The number of aryl methyl sites for hydroxylation is 1. The van der Waals surface area contributed by atoms with Crippen molar-refractivity contribution in [3.63, 3.8) is 0 Å². The first-order valence-corrected chi connectivity index (χ1v) is 12.1. The van der Waals surface area contributed by atoms with Crippen LogP contribution in [0.5, 0.6) is 0 Å². The Labute approximate surface area is 196 Å². The molecule has 0 bridgehead atoms. The molecule has 6 heteroatoms. The number of ether oxygens (including phenoxy) is 2. The third-order valence-corrected chi connectivity index (χ3v) is 6.11. The largest absolute Gasteiger partial charge is 0.381 e. The molecule has 3 N–H and O–H groups in total. The fraction of sp³-hybridized carbons (Fsp3) is 0.444. The Morgan fingerprint density at radius 3 is 2.79 bits per heavy atom. The van der Waals surface area contributed by atoms with Gasteiger partial charge in [0.15, 0.2) is 5.96 Å². The van der Waals surface area contributed by atoms with Gasteiger partial charge in [0, 0.05) is 43.4 Å². The van der Waals surface area contributed by atoms with Crippen LogP contribution in [-0.2, 0) is 29.0 Å². The van der Waals surface area contributed by atoms with Gasteiger partial charge in [-0.1, -0.05) is 42.5 Å². The zero-order valence-electron chi connectivity index (χ0n) is 19.8. The predicted octanol–water partition coefficient (Wildman–Crippen LogP) is 4.47. The Bertz CT molecular complexity index is 1050. The van der Waals surface area contributed by atoms with Crippen molar-refractivity contribution in [2.75, 3.05) is 26.3 Å². The summed E-state index contributed by atoms with van der Waals surface area (Å²) in [6.07, 6.45) is 5.34. The molecule has 6 nitrogen and oxygen atoms in total. The van der Waals surface area contributed by atoms with Crippen LogP contribution < -0.4 is 10.6 Å². The van der Waals surface area contributed by atoms with E-state index in [1.165, 1.54) is 33.2 Å². The maximum atomic E-state index is 6.07. The number of aliphatic imine (C=N–C) groups is 1. The zero-order valence-corrected chi connectivity index (χ0v) is 19.8. The van der Waals surface area contributed by atoms with Crippen LogP contribution >= 0.6 is 0 Å². The number of rotatable bonds is 9. The first-order chi connectivity index (χ1) is 16.2. The second-order valence-electron chi connectivity index (χ2n) is 8.63. The van der Waals surface area contributed by atoms with Gasteiger partial charge in [-0.05, 0) is 55.4 Å². The highest BCUT2D eigenvalue weighted by Crippen LogP contribution is 2.21. The first kappa shape index (κ1) is 23.3. The Kier molecular flexibility index (Phi) is 8.39. The highest BCUT2D eigenvalue weighted by atomic mass is 16.5. The maximum absolute atomic E-state index is 6.07. The molecule has 0 unspecified atom stereocenters. The lowest BCUT2D eigenvalue weighted by Gasteiger charge is -2.22. The molecule has 1 saturated heterocycles. The Morgan fingerprint density at radius 2 is 1.94 bits per heavy atom. The summed E-state index contributed by atoms with van der Waals surface area (Å²) in [5.74, 6) is 0.845. The molecule has 1 fully saturated rings. The van der Waals surface area contributed by atoms with E-state index in [0.717, 1.165) is 51.5 Å². The van der Waals surface area contributed by atoms with Crippen molar-refractivity contribution < 1.29 is 9.47 Å². The maximum Gasteiger partial charge on any atom is 0.191 e. The van der Waals surface area contributed by atoms with E-state index >= 15 is 0 Å². The summed E-state index contributed by atoms with van der Waals surface area (Å²) in [7, 11) is 0. The molecular weight excluding hydrogens is 412 g/mol. The number of benzene rings is 2. The van der Waals surface area contributed by atoms with Crippen LogP contribution in [-0.4, -0.2) is 43.4 Å². The molecule has 1 aliphatic rings. The smallest absolute Gasteiger partial charge is 0.191 e. The molecule has 33 heavy (non-hydrogen) atoms. The number of aromatic amines is 1. The van der Waals surface area contributed by atoms with Crippen LogP contribution in [0.25, 0.3) is 10.9 Å². The average Bonchev–Trinajstić information content (AvgIpc) is 3.26. The van der Waals surface area contributed by atoms with E-state index in [-0.39, 0.29) is 0 Å². The number of aromatic nitrogens is 1. The number of hydrogen-bond donors (Lipinski definition) is 3. The highest BCUT2D eigenvalue weighted by molar-refractivity contribution is 5.86. The summed E-state index contributed by atoms with van der Waals surface area (Å²) in [5.41, 5.74) is 6.22. The van der Waals surface area contributed by atoms with Gasteiger partial charge in [-0.3, -0.25) is 0 Å². The van der Waals surface area contributed by atoms with Gasteiger partial charge in [0.05, 0.1) is 19.3 Å². The van der Waals surface area contributed by atoms with E-state index in [9.17, 15) is 0 Å². The second kappa shape index (κ2) is 11.9. The third-order valence-electron chi connectivity index (χ3n) is 6.11. The average molecular weight is 449 g/mol. The van der Waals surface area contributed by atoms with E-state index in [0.29, 0.717) is 19.3 Å². The summed E-state index contributed by atoms with van der Waals surface area (Å²) >= 11 is 0. The van der Waals surface area contributed by atoms with Gasteiger partial charge in [-0.2, -0.15) is 0 Å². The van der Waals surface area contributed by atoms with Crippen LogP contribution in [0, 0.1) is 6.92 Å². The minimum atomic E-state index is 0.311. The molecule has 2 aromatic carbocycles. The van der Waals surface area contributed by atoms with E-state index in [1.807, 2.05) is 0 Å². The molecule has 4 rings (SSSR count). The number of fused-ring (bicyclic) bond motifs is 1. The number of para-hydroxylation sites is 1. The van der Waals surface area contributed by atoms with E-state index < -0.39 is 0 Å². The summed E-state index contributed by atoms with van der Waals surface area (Å²) in [5, 5.41) is 8.14. The van der Waals surface area contributed by atoms with Crippen LogP contribution in [0.2, 0.25) is 0 Å². The van der Waals surface area contributed by atoms with Crippen molar-refractivity contribution >= 4 is 16.9 Å². The lowest BCUT2D eigenvalue weighted by molar-refractivity contribution is -0.0390. The molecular formula is C27H36N4O2. The van der Waals surface area contributed by atoms with E-state index in [1.54, 1.807) is 0 Å². The van der Waals surface area contributed by atoms with Crippen molar-refractivity contribution in [3.05, 3.63) is 70.9 Å². The molecule has 1 aliphatic heterocycles. The highest BCUT2D eigenvalue weighted by Gasteiger charge is 2.14. The van der Waals surface area contributed by atoms with Crippen LogP contribution in [0.1, 0.15) is 42.0 Å². The van der Waals surface area contributed by atoms with Gasteiger partial charge < -0.3 is 25.1 Å². The standard InChI is InChI=1S/C27H36N4O2/c1-3-28-27(29-13-10-23-18-30-26-20(2)6-4-9-25(23)26)31-17-21-7-5-8-22(16-21)19-33-24-11-14-32-15-12-24/h4-9,16,18,24,30H,3,10-15,17,19H2,1-2H3,(H2,28,29,31). The number of hydrogen-bond acceptors (Lipinski definition) is 3. The van der Waals surface area contributed by atoms with Crippen molar-refractivity contribution in [3.8, 4) is 0 Å². The number of H-pyrrole nitrogens is 1. The fourth-order valence-electron chi connectivity index (χ4n) is 4.27. The van der Waals surface area contributed by atoms with Crippen molar-refractivity contribution in [2.24, 2.45) is 4.99 Å². The quantitative estimate of drug-likeness (QED) is 0.334. The van der Waals surface area contributed by atoms with Crippen LogP contribution in [0.4, 0.5) is 0 Å². The molecule has 1 aromatic heterocycles. The van der Waals surface area contributed by atoms with Crippen LogP contribution in [0.15, 0.2) is 53.7 Å². The Balaban J connectivity index is 1.30. The van der Waals surface area contributed by atoms with Gasteiger partial charge in [0.2, 0.25) is 0 Å². The van der Waals surface area contributed by atoms with Crippen molar-refractivity contribution in [1.29, 1.82) is 0 Å². The summed E-state index contributed by atoms with van der Waals surface area (Å²) in [6.45, 7) is 8.77. The van der Waals surface area contributed by atoms with E-state index in [4.69, 9.17) is 14.5 Å². The first-order valence-electron chi connectivity index (χ1n) is 12.1. The monoisotopic (exact) mass is 448 g/mol. The normalized spacial score (nSPS) is 15.2. The second-order valence-corrected chi connectivity index (χ2v) is 8.63. The molecule has 0 saturated carbocycles. The minimum absolute atomic E-state index is 0.311. The lowest BCUT2D eigenvalue weighted by Crippen LogP contribution is -2.38. The predicted molar refractivity (Wildman–Crippen MR) is 135 cm³/mol. The van der Waals surface area contributed by atoms with Crippen molar-refractivity contribution in [2.45, 2.75) is 52.4 Å². The fourth-order valence-corrected chi connectivity index (χ4v) is 4.27. The summed E-state index contributed by atoms with van der Waals surface area (Å²) in [6, 6.07) is 15.0. The minimum Gasteiger partial charge on any atom is -0.381 e. The molecule has 0 atom stereocenters. The lowest BCUT2D eigenvalue weighted by atomic mass is 10.1. The summed E-state index contributed by atoms with van der Waals surface area (Å²) in [4.78, 5) is 8.21. The zero-order chi connectivity index (χ0) is 22.9. The molecule has 0 radical (unpaired) electrons. The number of guanidine groups is 1. The molecule has 0 spiro atoms. The molecule has 3 aromatic rings. The van der Waals surface area contributed by atoms with Gasteiger partial charge in [0.1, 0.15) is 0 Å². The van der Waals surface area contributed by atoms with Gasteiger partial charge in [-0.25, -0.2) is 4.99 Å². The van der Waals surface area contributed by atoms with E-state index in [2.05, 4.69) is 78.1 Å². The Hall–Kier alpha value is -2.83. The SMILES string of the molecule is CCNC(=NCc1cccc(COC2CCOCC2)c1)NCCc1c[nH]c2c(C)cccc12.